The summed E-state index contributed by atoms with van der Waals surface area (Å²) in [6, 6.07) is 9.17. The van der Waals surface area contributed by atoms with E-state index in [1.807, 2.05) is 31.8 Å². The lowest BCUT2D eigenvalue weighted by Crippen LogP contribution is -2.30. The maximum atomic E-state index is 13.1. The Balaban J connectivity index is 1.94. The summed E-state index contributed by atoms with van der Waals surface area (Å²) >= 11 is 1.67. The summed E-state index contributed by atoms with van der Waals surface area (Å²) in [5, 5.41) is 7.68. The number of thioether (sulfide) groups is 1. The van der Waals surface area contributed by atoms with E-state index in [4.69, 9.17) is 0 Å². The Morgan fingerprint density at radius 2 is 2.20 bits per heavy atom. The summed E-state index contributed by atoms with van der Waals surface area (Å²) in [6.45, 7) is 2.00. The maximum absolute atomic E-state index is 13.1. The molecule has 2 aromatic rings. The fraction of sp³-hybridized carbons (Fsp3) is 0.400. The Morgan fingerprint density at radius 3 is 2.80 bits per heavy atom. The second kappa shape index (κ2) is 6.90. The van der Waals surface area contributed by atoms with Crippen molar-refractivity contribution in [3.8, 4) is 0 Å². The summed E-state index contributed by atoms with van der Waals surface area (Å²) in [7, 11) is 3.93. The highest BCUT2D eigenvalue weighted by Crippen LogP contribution is 2.20. The van der Waals surface area contributed by atoms with Crippen LogP contribution >= 0.6 is 11.8 Å². The molecule has 5 heteroatoms. The van der Waals surface area contributed by atoms with Crippen LogP contribution < -0.4 is 5.32 Å². The summed E-state index contributed by atoms with van der Waals surface area (Å²) in [6.07, 6.45) is 0.913. The molecule has 1 N–H and O–H groups in total. The predicted molar refractivity (Wildman–Crippen MR) is 81.6 cm³/mol. The van der Waals surface area contributed by atoms with Gasteiger partial charge in [0.1, 0.15) is 5.82 Å². The fourth-order valence-corrected chi connectivity index (χ4v) is 3.15. The number of hydrogen-bond acceptors (Lipinski definition) is 3. The molecule has 2 rings (SSSR count). The van der Waals surface area contributed by atoms with E-state index in [0.717, 1.165) is 22.8 Å². The molecule has 0 aliphatic rings. The molecular weight excluding hydrogens is 273 g/mol. The van der Waals surface area contributed by atoms with Crippen molar-refractivity contribution >= 4 is 11.8 Å². The monoisotopic (exact) mass is 293 g/mol. The zero-order valence-electron chi connectivity index (χ0n) is 12.1. The van der Waals surface area contributed by atoms with Gasteiger partial charge in [0.05, 0.1) is 5.69 Å². The van der Waals surface area contributed by atoms with Crippen LogP contribution in [0.15, 0.2) is 35.2 Å². The van der Waals surface area contributed by atoms with Crippen LogP contribution in [0.4, 0.5) is 4.39 Å². The van der Waals surface area contributed by atoms with Gasteiger partial charge in [0.25, 0.3) is 0 Å². The molecule has 0 bridgehead atoms. The van der Waals surface area contributed by atoms with E-state index in [2.05, 4.69) is 16.5 Å². The van der Waals surface area contributed by atoms with Crippen LogP contribution in [0.25, 0.3) is 0 Å². The number of rotatable bonds is 6. The molecule has 20 heavy (non-hydrogen) atoms. The molecule has 1 atom stereocenters. The molecule has 3 nitrogen and oxygen atoms in total. The number of aryl methyl sites for hydroxylation is 2. The van der Waals surface area contributed by atoms with E-state index in [0.29, 0.717) is 6.04 Å². The van der Waals surface area contributed by atoms with E-state index in [1.165, 1.54) is 11.8 Å². The molecule has 0 amide bonds. The number of hydrogen-bond donors (Lipinski definition) is 1. The Morgan fingerprint density at radius 1 is 1.40 bits per heavy atom. The van der Waals surface area contributed by atoms with E-state index in [-0.39, 0.29) is 5.82 Å². The molecule has 108 valence electrons. The second-order valence-electron chi connectivity index (χ2n) is 4.86. The number of halogens is 1. The SMILES string of the molecule is CNC(CSc1cccc(F)c1)Cc1cc(C)nn1C. The minimum Gasteiger partial charge on any atom is -0.316 e. The van der Waals surface area contributed by atoms with Crippen LogP contribution in [0.3, 0.4) is 0 Å². The van der Waals surface area contributed by atoms with Gasteiger partial charge in [-0.05, 0) is 38.2 Å². The number of likely N-dealkylation sites (N-methyl/N-ethyl adjacent to an activating group) is 1. The van der Waals surface area contributed by atoms with Gasteiger partial charge >= 0.3 is 0 Å². The first-order valence-corrected chi connectivity index (χ1v) is 7.62. The van der Waals surface area contributed by atoms with Gasteiger partial charge in [0.2, 0.25) is 0 Å². The van der Waals surface area contributed by atoms with Crippen molar-refractivity contribution in [2.75, 3.05) is 12.8 Å². The van der Waals surface area contributed by atoms with Crippen LogP contribution in [0, 0.1) is 12.7 Å². The van der Waals surface area contributed by atoms with E-state index >= 15 is 0 Å². The Labute approximate surface area is 123 Å². The Kier molecular flexibility index (Phi) is 5.20. The highest BCUT2D eigenvalue weighted by molar-refractivity contribution is 7.99. The zero-order valence-corrected chi connectivity index (χ0v) is 12.9. The molecule has 0 aliphatic heterocycles. The highest BCUT2D eigenvalue weighted by Gasteiger charge is 2.11. The van der Waals surface area contributed by atoms with Crippen molar-refractivity contribution in [1.82, 2.24) is 15.1 Å². The number of aromatic nitrogens is 2. The third-order valence-corrected chi connectivity index (χ3v) is 4.37. The third kappa shape index (κ3) is 4.08. The van der Waals surface area contributed by atoms with Gasteiger partial charge in [-0.15, -0.1) is 11.8 Å². The summed E-state index contributed by atoms with van der Waals surface area (Å²) in [5.41, 5.74) is 2.25. The second-order valence-corrected chi connectivity index (χ2v) is 5.95. The van der Waals surface area contributed by atoms with Crippen molar-refractivity contribution < 1.29 is 4.39 Å². The van der Waals surface area contributed by atoms with Gasteiger partial charge in [0.15, 0.2) is 0 Å². The fourth-order valence-electron chi connectivity index (χ4n) is 2.11. The average molecular weight is 293 g/mol. The molecule has 0 radical (unpaired) electrons. The van der Waals surface area contributed by atoms with Gasteiger partial charge < -0.3 is 5.32 Å². The topological polar surface area (TPSA) is 29.9 Å². The van der Waals surface area contributed by atoms with Gasteiger partial charge in [0, 0.05) is 35.9 Å². The van der Waals surface area contributed by atoms with Crippen molar-refractivity contribution in [2.45, 2.75) is 24.3 Å². The molecule has 0 fully saturated rings. The lowest BCUT2D eigenvalue weighted by atomic mass is 10.2. The number of nitrogens with one attached hydrogen (secondary N) is 1. The third-order valence-electron chi connectivity index (χ3n) is 3.21. The average Bonchev–Trinajstić information content (AvgIpc) is 2.72. The molecular formula is C15H20FN3S. The highest BCUT2D eigenvalue weighted by atomic mass is 32.2. The van der Waals surface area contributed by atoms with Crippen molar-refractivity contribution in [2.24, 2.45) is 7.05 Å². The number of nitrogens with zero attached hydrogens (tertiary/aromatic N) is 2. The van der Waals surface area contributed by atoms with Crippen molar-refractivity contribution in [1.29, 1.82) is 0 Å². The Hall–Kier alpha value is -1.33. The zero-order chi connectivity index (χ0) is 14.5. The molecule has 1 aromatic carbocycles. The normalized spacial score (nSPS) is 12.6. The predicted octanol–water partition coefficient (Wildman–Crippen LogP) is 2.79. The van der Waals surface area contributed by atoms with Crippen LogP contribution in [-0.4, -0.2) is 28.6 Å². The van der Waals surface area contributed by atoms with E-state index < -0.39 is 0 Å². The minimum absolute atomic E-state index is 0.182. The lowest BCUT2D eigenvalue weighted by Gasteiger charge is -2.15. The van der Waals surface area contributed by atoms with Gasteiger partial charge in [-0.25, -0.2) is 4.39 Å². The quantitative estimate of drug-likeness (QED) is 0.831. The van der Waals surface area contributed by atoms with Crippen molar-refractivity contribution in [3.05, 3.63) is 47.5 Å². The van der Waals surface area contributed by atoms with Crippen LogP contribution in [0.2, 0.25) is 0 Å². The molecule has 0 aliphatic carbocycles. The van der Waals surface area contributed by atoms with Crippen molar-refractivity contribution in [3.63, 3.8) is 0 Å². The van der Waals surface area contributed by atoms with Gasteiger partial charge in [-0.2, -0.15) is 5.10 Å². The van der Waals surface area contributed by atoms with Gasteiger partial charge in [-0.1, -0.05) is 6.07 Å². The molecule has 0 saturated carbocycles. The Bertz CT molecular complexity index is 568. The van der Waals surface area contributed by atoms with Crippen LogP contribution in [0.5, 0.6) is 0 Å². The van der Waals surface area contributed by atoms with E-state index in [9.17, 15) is 4.39 Å². The smallest absolute Gasteiger partial charge is 0.124 e. The van der Waals surface area contributed by atoms with E-state index in [1.54, 1.807) is 23.9 Å². The minimum atomic E-state index is -0.182. The molecule has 0 spiro atoms. The summed E-state index contributed by atoms with van der Waals surface area (Å²) in [5.74, 6) is 0.711. The summed E-state index contributed by atoms with van der Waals surface area (Å²) < 4.78 is 15.1. The molecule has 0 saturated heterocycles. The first kappa shape index (κ1) is 15.1. The van der Waals surface area contributed by atoms with Crippen LogP contribution in [-0.2, 0) is 13.5 Å². The molecule has 1 aromatic heterocycles. The van der Waals surface area contributed by atoms with Crippen LogP contribution in [0.1, 0.15) is 11.4 Å². The molecule has 1 heterocycles. The first-order valence-electron chi connectivity index (χ1n) is 6.63. The molecule has 1 unspecified atom stereocenters. The lowest BCUT2D eigenvalue weighted by molar-refractivity contribution is 0.581. The van der Waals surface area contributed by atoms with Gasteiger partial charge in [-0.3, -0.25) is 4.68 Å². The standard InChI is InChI=1S/C15H20FN3S/c1-11-7-14(19(3)18-11)9-13(17-2)10-20-15-6-4-5-12(16)8-15/h4-8,13,17H,9-10H2,1-3H3. The first-order chi connectivity index (χ1) is 9.58. The number of benzene rings is 1. The summed E-state index contributed by atoms with van der Waals surface area (Å²) in [4.78, 5) is 0.964. The maximum Gasteiger partial charge on any atom is 0.124 e. The largest absolute Gasteiger partial charge is 0.316 e.